The fraction of sp³-hybridized carbons (Fsp3) is 0.200. The maximum Gasteiger partial charge on any atom is 0.260 e. The highest BCUT2D eigenvalue weighted by molar-refractivity contribution is 7.18. The van der Waals surface area contributed by atoms with E-state index in [1.807, 2.05) is 41.9 Å². The van der Waals surface area contributed by atoms with Gasteiger partial charge in [-0.1, -0.05) is 30.3 Å². The van der Waals surface area contributed by atoms with Gasteiger partial charge in [0.1, 0.15) is 10.7 Å². The highest BCUT2D eigenvalue weighted by Gasteiger charge is 2.16. The van der Waals surface area contributed by atoms with Crippen LogP contribution < -0.4 is 10.9 Å². The van der Waals surface area contributed by atoms with E-state index < -0.39 is 0 Å². The zero-order valence-corrected chi connectivity index (χ0v) is 16.2. The van der Waals surface area contributed by atoms with Crippen LogP contribution in [0.5, 0.6) is 0 Å². The second-order valence-corrected chi connectivity index (χ2v) is 8.09. The van der Waals surface area contributed by atoms with Crippen LogP contribution in [-0.2, 0) is 6.54 Å². The van der Waals surface area contributed by atoms with Gasteiger partial charge in [-0.3, -0.25) is 4.79 Å². The molecule has 0 aliphatic heterocycles. The second-order valence-electron chi connectivity index (χ2n) is 6.29. The average molecular weight is 382 g/mol. The molecular formula is C20H19N3OS2. The minimum absolute atomic E-state index is 0.0426. The molecule has 2 N–H and O–H groups in total. The van der Waals surface area contributed by atoms with E-state index in [2.05, 4.69) is 29.4 Å². The first kappa shape index (κ1) is 17.1. The molecule has 1 atom stereocenters. The van der Waals surface area contributed by atoms with Crippen molar-refractivity contribution in [1.82, 2.24) is 15.3 Å². The first-order chi connectivity index (χ1) is 12.6. The van der Waals surface area contributed by atoms with Crippen molar-refractivity contribution in [3.63, 3.8) is 0 Å². The van der Waals surface area contributed by atoms with E-state index in [9.17, 15) is 4.79 Å². The van der Waals surface area contributed by atoms with Crippen LogP contribution in [0.25, 0.3) is 20.7 Å². The van der Waals surface area contributed by atoms with E-state index in [1.54, 1.807) is 11.3 Å². The van der Waals surface area contributed by atoms with E-state index in [4.69, 9.17) is 4.98 Å². The van der Waals surface area contributed by atoms with E-state index in [1.165, 1.54) is 22.5 Å². The summed E-state index contributed by atoms with van der Waals surface area (Å²) < 4.78 is 0. The van der Waals surface area contributed by atoms with Crippen molar-refractivity contribution < 1.29 is 0 Å². The fourth-order valence-electron chi connectivity index (χ4n) is 2.95. The lowest BCUT2D eigenvalue weighted by Crippen LogP contribution is -2.23. The normalized spacial score (nSPS) is 12.5. The van der Waals surface area contributed by atoms with Gasteiger partial charge in [0, 0.05) is 22.4 Å². The van der Waals surface area contributed by atoms with Crippen LogP contribution in [0.1, 0.15) is 29.9 Å². The minimum atomic E-state index is -0.0702. The van der Waals surface area contributed by atoms with Crippen LogP contribution in [0.15, 0.2) is 52.0 Å². The van der Waals surface area contributed by atoms with E-state index in [0.29, 0.717) is 11.2 Å². The molecule has 0 unspecified atom stereocenters. The Morgan fingerprint density at radius 1 is 1.19 bits per heavy atom. The molecule has 0 saturated carbocycles. The maximum absolute atomic E-state index is 12.7. The number of nitrogens with zero attached hydrogens (tertiary/aromatic N) is 1. The van der Waals surface area contributed by atoms with E-state index >= 15 is 0 Å². The first-order valence-electron chi connectivity index (χ1n) is 8.46. The molecule has 3 aromatic heterocycles. The first-order valence-corrected chi connectivity index (χ1v) is 10.2. The number of aromatic nitrogens is 2. The number of aromatic amines is 1. The zero-order valence-electron chi connectivity index (χ0n) is 14.6. The Morgan fingerprint density at radius 2 is 2.04 bits per heavy atom. The highest BCUT2D eigenvalue weighted by atomic mass is 32.1. The van der Waals surface area contributed by atoms with Gasteiger partial charge in [0.2, 0.25) is 0 Å². The summed E-state index contributed by atoms with van der Waals surface area (Å²) in [6, 6.07) is 12.3. The number of hydrogen-bond donors (Lipinski definition) is 2. The third kappa shape index (κ3) is 3.23. The summed E-state index contributed by atoms with van der Waals surface area (Å²) in [5.41, 5.74) is 3.40. The molecule has 3 heterocycles. The molecule has 4 nitrogen and oxygen atoms in total. The third-order valence-corrected chi connectivity index (χ3v) is 6.29. The van der Waals surface area contributed by atoms with Gasteiger partial charge in [-0.2, -0.15) is 0 Å². The number of fused-ring (bicyclic) bond motifs is 1. The van der Waals surface area contributed by atoms with E-state index in [-0.39, 0.29) is 11.6 Å². The van der Waals surface area contributed by atoms with Gasteiger partial charge < -0.3 is 10.3 Å². The maximum atomic E-state index is 12.7. The highest BCUT2D eigenvalue weighted by Crippen LogP contribution is 2.33. The molecule has 132 valence electrons. The smallest absolute Gasteiger partial charge is 0.260 e. The average Bonchev–Trinajstić information content (AvgIpc) is 3.30. The van der Waals surface area contributed by atoms with Crippen LogP contribution in [0.3, 0.4) is 0 Å². The number of aryl methyl sites for hydroxylation is 1. The molecule has 26 heavy (non-hydrogen) atoms. The van der Waals surface area contributed by atoms with Crippen LogP contribution in [-0.4, -0.2) is 9.97 Å². The topological polar surface area (TPSA) is 57.8 Å². The second kappa shape index (κ2) is 7.15. The summed E-state index contributed by atoms with van der Waals surface area (Å²) in [5.74, 6) is 0.677. The molecule has 1 aromatic carbocycles. The van der Waals surface area contributed by atoms with Crippen molar-refractivity contribution in [2.45, 2.75) is 26.4 Å². The number of H-pyrrole nitrogens is 1. The molecule has 6 heteroatoms. The number of benzene rings is 1. The molecule has 0 amide bonds. The molecule has 0 aliphatic carbocycles. The fourth-order valence-corrected chi connectivity index (χ4v) is 4.72. The number of nitrogens with one attached hydrogen (secondary N) is 2. The molecule has 4 rings (SSSR count). The van der Waals surface area contributed by atoms with Crippen molar-refractivity contribution in [2.24, 2.45) is 0 Å². The Morgan fingerprint density at radius 3 is 2.81 bits per heavy atom. The monoisotopic (exact) mass is 381 g/mol. The van der Waals surface area contributed by atoms with Crippen molar-refractivity contribution in [3.8, 4) is 10.4 Å². The summed E-state index contributed by atoms with van der Waals surface area (Å²) >= 11 is 3.16. The summed E-state index contributed by atoms with van der Waals surface area (Å²) in [6.45, 7) is 4.86. The van der Waals surface area contributed by atoms with Gasteiger partial charge in [0.05, 0.1) is 11.4 Å². The molecular weight excluding hydrogens is 362 g/mol. The molecule has 0 saturated heterocycles. The van der Waals surface area contributed by atoms with Crippen LogP contribution in [0.2, 0.25) is 0 Å². The van der Waals surface area contributed by atoms with Crippen LogP contribution in [0, 0.1) is 6.92 Å². The number of hydrogen-bond acceptors (Lipinski definition) is 5. The number of rotatable bonds is 5. The van der Waals surface area contributed by atoms with Crippen molar-refractivity contribution in [3.05, 3.63) is 74.5 Å². The SMILES string of the molecule is Cc1ccccc1CN[C@@H](C)c1nc2scc(-c3cccs3)c2c(=O)[nH]1. The molecule has 0 fully saturated rings. The van der Waals surface area contributed by atoms with Gasteiger partial charge in [-0.05, 0) is 36.4 Å². The van der Waals surface area contributed by atoms with Crippen LogP contribution in [0.4, 0.5) is 0 Å². The predicted molar refractivity (Wildman–Crippen MR) is 110 cm³/mol. The molecule has 0 aliphatic rings. The van der Waals surface area contributed by atoms with Crippen molar-refractivity contribution >= 4 is 32.9 Å². The Hall–Kier alpha value is -2.28. The van der Waals surface area contributed by atoms with Gasteiger partial charge in [-0.25, -0.2) is 4.98 Å². The predicted octanol–water partition coefficient (Wildman–Crippen LogP) is 4.87. The molecule has 0 radical (unpaired) electrons. The van der Waals surface area contributed by atoms with Crippen molar-refractivity contribution in [1.29, 1.82) is 0 Å². The Balaban J connectivity index is 1.61. The molecule has 0 spiro atoms. The third-order valence-electron chi connectivity index (χ3n) is 4.52. The molecule has 4 aromatic rings. The summed E-state index contributed by atoms with van der Waals surface area (Å²) in [5, 5.41) is 8.19. The summed E-state index contributed by atoms with van der Waals surface area (Å²) in [7, 11) is 0. The standard InChI is InChI=1S/C20H19N3OS2/c1-12-6-3-4-7-14(12)10-21-13(2)18-22-19(24)17-15(11-26-20(17)23-18)16-8-5-9-25-16/h3-9,11,13,21H,10H2,1-2H3,(H,22,23,24)/t13-/m0/s1. The lowest BCUT2D eigenvalue weighted by molar-refractivity contribution is 0.546. The lowest BCUT2D eigenvalue weighted by Gasteiger charge is -2.14. The summed E-state index contributed by atoms with van der Waals surface area (Å²) in [6.07, 6.45) is 0. The largest absolute Gasteiger partial charge is 0.309 e. The van der Waals surface area contributed by atoms with Gasteiger partial charge in [0.25, 0.3) is 5.56 Å². The minimum Gasteiger partial charge on any atom is -0.309 e. The van der Waals surface area contributed by atoms with Crippen molar-refractivity contribution in [2.75, 3.05) is 0 Å². The summed E-state index contributed by atoms with van der Waals surface area (Å²) in [4.78, 5) is 22.3. The zero-order chi connectivity index (χ0) is 18.1. The quantitative estimate of drug-likeness (QED) is 0.518. The number of thiophene rings is 2. The van der Waals surface area contributed by atoms with Crippen LogP contribution >= 0.6 is 22.7 Å². The Labute approximate surface area is 159 Å². The molecule has 0 bridgehead atoms. The Kier molecular flexibility index (Phi) is 4.72. The van der Waals surface area contributed by atoms with Gasteiger partial charge in [0.15, 0.2) is 0 Å². The van der Waals surface area contributed by atoms with E-state index in [0.717, 1.165) is 21.8 Å². The van der Waals surface area contributed by atoms with Gasteiger partial charge >= 0.3 is 0 Å². The Bertz CT molecular complexity index is 1100. The lowest BCUT2D eigenvalue weighted by atomic mass is 10.1. The van der Waals surface area contributed by atoms with Gasteiger partial charge in [-0.15, -0.1) is 22.7 Å².